The van der Waals surface area contributed by atoms with Crippen LogP contribution in [0.15, 0.2) is 41.0 Å². The number of sulfonamides is 1. The summed E-state index contributed by atoms with van der Waals surface area (Å²) in [6, 6.07) is 9.02. The number of furan rings is 1. The Morgan fingerprint density at radius 3 is 2.42 bits per heavy atom. The van der Waals surface area contributed by atoms with E-state index in [9.17, 15) is 8.42 Å². The highest BCUT2D eigenvalue weighted by molar-refractivity contribution is 7.92. The van der Waals surface area contributed by atoms with Crippen molar-refractivity contribution < 1.29 is 12.8 Å². The van der Waals surface area contributed by atoms with Crippen molar-refractivity contribution in [1.82, 2.24) is 0 Å². The summed E-state index contributed by atoms with van der Waals surface area (Å²) in [5.41, 5.74) is 2.29. The first-order valence-electron chi connectivity index (χ1n) is 5.79. The molecule has 2 aromatic rings. The molecule has 0 aliphatic heterocycles. The van der Waals surface area contributed by atoms with Crippen molar-refractivity contribution in [1.29, 1.82) is 0 Å². The summed E-state index contributed by atoms with van der Waals surface area (Å²) in [6.07, 6.45) is 2.76. The fourth-order valence-electron chi connectivity index (χ4n) is 1.69. The van der Waals surface area contributed by atoms with Crippen LogP contribution in [-0.2, 0) is 16.6 Å². The fraction of sp³-hybridized carbons (Fsp3) is 0.231. The maximum absolute atomic E-state index is 11.3. The molecule has 0 fully saturated rings. The van der Waals surface area contributed by atoms with E-state index in [2.05, 4.69) is 10.0 Å². The third-order valence-electron chi connectivity index (χ3n) is 2.63. The van der Waals surface area contributed by atoms with Gasteiger partial charge in [-0.25, -0.2) is 8.42 Å². The molecule has 2 N–H and O–H groups in total. The Kier molecular flexibility index (Phi) is 3.80. The number of hydrogen-bond donors (Lipinski definition) is 2. The van der Waals surface area contributed by atoms with Crippen molar-refractivity contribution in [2.45, 2.75) is 13.5 Å². The Hall–Kier alpha value is -1.95. The first kappa shape index (κ1) is 13.5. The van der Waals surface area contributed by atoms with Crippen LogP contribution < -0.4 is 10.0 Å². The van der Waals surface area contributed by atoms with Crippen LogP contribution in [-0.4, -0.2) is 14.7 Å². The Morgan fingerprint density at radius 1 is 1.16 bits per heavy atom. The van der Waals surface area contributed by atoms with Crippen LogP contribution in [0.25, 0.3) is 0 Å². The molecule has 0 aliphatic carbocycles. The van der Waals surface area contributed by atoms with Crippen LogP contribution in [0.3, 0.4) is 0 Å². The topological polar surface area (TPSA) is 71.3 Å². The van der Waals surface area contributed by atoms with Gasteiger partial charge in [-0.1, -0.05) is 12.1 Å². The average Bonchev–Trinajstić information content (AvgIpc) is 2.72. The Bertz CT molecular complexity index is 662. The van der Waals surface area contributed by atoms with E-state index in [0.717, 1.165) is 17.6 Å². The zero-order valence-corrected chi connectivity index (χ0v) is 11.6. The fourth-order valence-corrected chi connectivity index (χ4v) is 2.26. The first-order chi connectivity index (χ1) is 8.96. The molecule has 0 saturated heterocycles. The standard InChI is InChI=1S/C13H16N2O3S/c1-10-7-8-18-13(10)9-14-11-5-3-4-6-12(11)15-19(2,16)17/h3-8,14-15H,9H2,1-2H3. The smallest absolute Gasteiger partial charge is 0.229 e. The molecule has 0 saturated carbocycles. The van der Waals surface area contributed by atoms with Gasteiger partial charge in [0.2, 0.25) is 10.0 Å². The summed E-state index contributed by atoms with van der Waals surface area (Å²) in [7, 11) is -3.29. The van der Waals surface area contributed by atoms with E-state index in [1.807, 2.05) is 25.1 Å². The number of benzene rings is 1. The Morgan fingerprint density at radius 2 is 1.84 bits per heavy atom. The maximum Gasteiger partial charge on any atom is 0.229 e. The minimum absolute atomic E-state index is 0.501. The molecule has 102 valence electrons. The molecular formula is C13H16N2O3S. The highest BCUT2D eigenvalue weighted by Crippen LogP contribution is 2.23. The van der Waals surface area contributed by atoms with Crippen LogP contribution in [0.2, 0.25) is 0 Å². The monoisotopic (exact) mass is 280 g/mol. The highest BCUT2D eigenvalue weighted by Gasteiger charge is 2.08. The van der Waals surface area contributed by atoms with Crippen LogP contribution in [0.1, 0.15) is 11.3 Å². The molecule has 0 bridgehead atoms. The molecule has 0 amide bonds. The lowest BCUT2D eigenvalue weighted by Crippen LogP contribution is -2.12. The van der Waals surface area contributed by atoms with E-state index >= 15 is 0 Å². The molecule has 2 rings (SSSR count). The zero-order chi connectivity index (χ0) is 13.9. The van der Waals surface area contributed by atoms with E-state index in [1.54, 1.807) is 18.4 Å². The molecule has 1 aromatic heterocycles. The molecule has 1 heterocycles. The molecule has 6 heteroatoms. The lowest BCUT2D eigenvalue weighted by atomic mass is 10.2. The Balaban J connectivity index is 2.14. The van der Waals surface area contributed by atoms with Crippen LogP contribution in [0.5, 0.6) is 0 Å². The Labute approximate surface area is 112 Å². The summed E-state index contributed by atoms with van der Waals surface area (Å²) >= 11 is 0. The lowest BCUT2D eigenvalue weighted by molar-refractivity contribution is 0.515. The van der Waals surface area contributed by atoms with Crippen LogP contribution >= 0.6 is 0 Å². The molecule has 5 nitrogen and oxygen atoms in total. The van der Waals surface area contributed by atoms with E-state index in [1.165, 1.54) is 0 Å². The molecule has 1 aromatic carbocycles. The van der Waals surface area contributed by atoms with Crippen molar-refractivity contribution in [3.05, 3.63) is 47.9 Å². The zero-order valence-electron chi connectivity index (χ0n) is 10.8. The van der Waals surface area contributed by atoms with Crippen molar-refractivity contribution in [3.8, 4) is 0 Å². The number of nitrogens with one attached hydrogen (secondary N) is 2. The van der Waals surface area contributed by atoms with Gasteiger partial charge in [0.05, 0.1) is 30.4 Å². The third-order valence-corrected chi connectivity index (χ3v) is 3.22. The van der Waals surface area contributed by atoms with E-state index in [4.69, 9.17) is 4.42 Å². The van der Waals surface area contributed by atoms with Crippen molar-refractivity contribution in [2.75, 3.05) is 16.3 Å². The summed E-state index contributed by atoms with van der Waals surface area (Å²) < 4.78 is 30.4. The minimum Gasteiger partial charge on any atom is -0.467 e. The SMILES string of the molecule is Cc1ccoc1CNc1ccccc1NS(C)(=O)=O. The lowest BCUT2D eigenvalue weighted by Gasteiger charge is -2.12. The summed E-state index contributed by atoms with van der Waals surface area (Å²) in [5.74, 6) is 0.828. The van der Waals surface area contributed by atoms with E-state index in [-0.39, 0.29) is 0 Å². The first-order valence-corrected chi connectivity index (χ1v) is 7.68. The maximum atomic E-state index is 11.3. The molecule has 0 spiro atoms. The normalized spacial score (nSPS) is 11.3. The quantitative estimate of drug-likeness (QED) is 0.883. The minimum atomic E-state index is -3.29. The van der Waals surface area contributed by atoms with Gasteiger partial charge in [0, 0.05) is 0 Å². The third kappa shape index (κ3) is 3.75. The number of para-hydroxylation sites is 2. The number of hydrogen-bond acceptors (Lipinski definition) is 4. The molecule has 0 radical (unpaired) electrons. The van der Waals surface area contributed by atoms with Gasteiger partial charge in [-0.3, -0.25) is 4.72 Å². The van der Waals surface area contributed by atoms with Gasteiger partial charge in [0.15, 0.2) is 0 Å². The van der Waals surface area contributed by atoms with Crippen molar-refractivity contribution >= 4 is 21.4 Å². The van der Waals surface area contributed by atoms with E-state index < -0.39 is 10.0 Å². The van der Waals surface area contributed by atoms with Gasteiger partial charge in [0.25, 0.3) is 0 Å². The second kappa shape index (κ2) is 5.36. The van der Waals surface area contributed by atoms with Gasteiger partial charge in [-0.15, -0.1) is 0 Å². The molecular weight excluding hydrogens is 264 g/mol. The molecule has 0 aliphatic rings. The summed E-state index contributed by atoms with van der Waals surface area (Å²) in [4.78, 5) is 0. The number of rotatable bonds is 5. The summed E-state index contributed by atoms with van der Waals surface area (Å²) in [6.45, 7) is 2.46. The predicted molar refractivity (Wildman–Crippen MR) is 75.7 cm³/mol. The van der Waals surface area contributed by atoms with Gasteiger partial charge in [-0.05, 0) is 30.7 Å². The molecule has 19 heavy (non-hydrogen) atoms. The van der Waals surface area contributed by atoms with Crippen molar-refractivity contribution in [2.24, 2.45) is 0 Å². The van der Waals surface area contributed by atoms with Gasteiger partial charge in [-0.2, -0.15) is 0 Å². The van der Waals surface area contributed by atoms with E-state index in [0.29, 0.717) is 17.9 Å². The van der Waals surface area contributed by atoms with Gasteiger partial charge >= 0.3 is 0 Å². The predicted octanol–water partition coefficient (Wildman–Crippen LogP) is 2.57. The largest absolute Gasteiger partial charge is 0.467 e. The molecule has 0 unspecified atom stereocenters. The molecule has 0 atom stereocenters. The summed E-state index contributed by atoms with van der Waals surface area (Å²) in [5, 5.41) is 3.16. The second-order valence-corrected chi connectivity index (χ2v) is 6.05. The average molecular weight is 280 g/mol. The number of aryl methyl sites for hydroxylation is 1. The second-order valence-electron chi connectivity index (χ2n) is 4.30. The van der Waals surface area contributed by atoms with Crippen LogP contribution in [0.4, 0.5) is 11.4 Å². The highest BCUT2D eigenvalue weighted by atomic mass is 32.2. The number of anilines is 2. The van der Waals surface area contributed by atoms with Gasteiger partial charge < -0.3 is 9.73 Å². The van der Waals surface area contributed by atoms with Crippen LogP contribution in [0, 0.1) is 6.92 Å². The van der Waals surface area contributed by atoms with Gasteiger partial charge in [0.1, 0.15) is 5.76 Å². The van der Waals surface area contributed by atoms with Crippen molar-refractivity contribution in [3.63, 3.8) is 0 Å².